The highest BCUT2D eigenvalue weighted by Crippen LogP contribution is 2.54. The molecule has 2 aliphatic heterocycles. The van der Waals surface area contributed by atoms with Gasteiger partial charge in [-0.1, -0.05) is 205 Å². The Morgan fingerprint density at radius 3 is 1.78 bits per heavy atom. The number of fused-ring (bicyclic) bond motifs is 8. The number of para-hydroxylation sites is 2. The highest BCUT2D eigenvalue weighted by Gasteiger charge is 2.48. The van der Waals surface area contributed by atoms with Gasteiger partial charge in [0.15, 0.2) is 0 Å². The lowest BCUT2D eigenvalue weighted by molar-refractivity contribution is 0.310. The van der Waals surface area contributed by atoms with Crippen LogP contribution in [0.4, 0.5) is 33.4 Å². The normalized spacial score (nSPS) is 18.5. The topological polar surface area (TPSA) is 6.48 Å². The Morgan fingerprint density at radius 2 is 1.15 bits per heavy atom. The number of nitrogens with zero attached hydrogens (tertiary/aromatic N) is 2. The second-order valence-electron chi connectivity index (χ2n) is 29.5. The summed E-state index contributed by atoms with van der Waals surface area (Å²) in [5.74, 6) is 0. The van der Waals surface area contributed by atoms with Gasteiger partial charge in [0, 0.05) is 33.1 Å². The van der Waals surface area contributed by atoms with Crippen LogP contribution in [0.15, 0.2) is 170 Å². The molecule has 2 aliphatic carbocycles. The van der Waals surface area contributed by atoms with Crippen molar-refractivity contribution in [2.75, 3.05) is 9.80 Å². The zero-order valence-corrected chi connectivity index (χ0v) is 52.2. The van der Waals surface area contributed by atoms with Crippen LogP contribution in [0, 0.1) is 6.92 Å². The summed E-state index contributed by atoms with van der Waals surface area (Å²) in [6.45, 7) is 39.0. The molecule has 1 atom stereocenters. The van der Waals surface area contributed by atoms with Gasteiger partial charge in [-0.05, 0) is 227 Å². The Balaban J connectivity index is 1.07. The number of rotatable bonds is 7. The molecule has 82 heavy (non-hydrogen) atoms. The summed E-state index contributed by atoms with van der Waals surface area (Å²) in [5.41, 5.74) is 28.2. The Kier molecular flexibility index (Phi) is 12.7. The molecule has 0 fully saturated rings. The van der Waals surface area contributed by atoms with E-state index >= 15 is 0 Å². The molecule has 8 aromatic carbocycles. The summed E-state index contributed by atoms with van der Waals surface area (Å²) in [6.07, 6.45) is 6.36. The standard InChI is InChI=1S/C78H83BN2S/c1-49-29-30-55(74(6,7)8)42-60(49)52-24-22-23-51(40-52)48-78(15)38-37-77(13,14)64-46-67-53(41-66(64)78)39-50(2)61-43-59(80(56-25-18-16-19-26-56)57-27-20-17-21-28-57)44-68-70(61)79(67)71-62-45-63-65(76(11,12)36-35-75(63,9)10)47-69(62)82-72(71)81(68)58-33-31-54(32-34-58)73(3,4)5/h16-34,40-47H,2,35-39,48H2,1,3-15H3. The van der Waals surface area contributed by atoms with Crippen LogP contribution in [0.25, 0.3) is 26.8 Å². The van der Waals surface area contributed by atoms with E-state index in [2.05, 4.69) is 271 Å². The monoisotopic (exact) mass is 1090 g/mol. The van der Waals surface area contributed by atoms with Crippen molar-refractivity contribution in [1.82, 2.24) is 0 Å². The first kappa shape index (κ1) is 54.4. The minimum atomic E-state index is -0.0776. The Bertz CT molecular complexity index is 3990. The van der Waals surface area contributed by atoms with Crippen molar-refractivity contribution in [3.8, 4) is 11.1 Å². The van der Waals surface area contributed by atoms with E-state index in [1.54, 1.807) is 0 Å². The summed E-state index contributed by atoms with van der Waals surface area (Å²) in [5, 5.41) is 2.73. The van der Waals surface area contributed by atoms with E-state index in [0.717, 1.165) is 42.7 Å². The zero-order valence-electron chi connectivity index (χ0n) is 51.4. The van der Waals surface area contributed by atoms with Gasteiger partial charge in [0.25, 0.3) is 0 Å². The molecular formula is C78H83BN2S. The number of hydrogen-bond donors (Lipinski definition) is 0. The first-order valence-electron chi connectivity index (χ1n) is 30.5. The van der Waals surface area contributed by atoms with Gasteiger partial charge >= 0.3 is 0 Å². The van der Waals surface area contributed by atoms with Gasteiger partial charge < -0.3 is 9.80 Å². The molecule has 4 aliphatic rings. The van der Waals surface area contributed by atoms with Gasteiger partial charge in [0.1, 0.15) is 0 Å². The van der Waals surface area contributed by atoms with Gasteiger partial charge in [-0.2, -0.15) is 0 Å². The smallest absolute Gasteiger partial charge is 0.249 e. The van der Waals surface area contributed by atoms with Gasteiger partial charge in [-0.15, -0.1) is 11.3 Å². The zero-order chi connectivity index (χ0) is 57.6. The van der Waals surface area contributed by atoms with Crippen molar-refractivity contribution in [2.45, 2.75) is 168 Å². The minimum absolute atomic E-state index is 0.0160. The lowest BCUT2D eigenvalue weighted by Crippen LogP contribution is -2.58. The third-order valence-corrected chi connectivity index (χ3v) is 21.3. The fourth-order valence-electron chi connectivity index (χ4n) is 14.9. The lowest BCUT2D eigenvalue weighted by atomic mass is 9.34. The van der Waals surface area contributed by atoms with Gasteiger partial charge in [-0.25, -0.2) is 0 Å². The molecule has 13 rings (SSSR count). The average molecular weight is 1090 g/mol. The van der Waals surface area contributed by atoms with E-state index in [1.165, 1.54) is 128 Å². The fraction of sp³-hybridized carbons (Fsp3) is 0.333. The van der Waals surface area contributed by atoms with Crippen LogP contribution in [0.2, 0.25) is 0 Å². The summed E-state index contributed by atoms with van der Waals surface area (Å²) in [4.78, 5) is 5.13. The maximum Gasteiger partial charge on any atom is 0.249 e. The van der Waals surface area contributed by atoms with Crippen LogP contribution < -0.4 is 26.2 Å². The highest BCUT2D eigenvalue weighted by molar-refractivity contribution is 7.26. The van der Waals surface area contributed by atoms with Crippen LogP contribution in [0.5, 0.6) is 0 Å². The van der Waals surface area contributed by atoms with Crippen molar-refractivity contribution in [2.24, 2.45) is 0 Å². The molecule has 0 saturated heterocycles. The molecule has 0 N–H and O–H groups in total. The van der Waals surface area contributed by atoms with Gasteiger partial charge in [0.2, 0.25) is 6.71 Å². The third-order valence-electron chi connectivity index (χ3n) is 20.1. The predicted molar refractivity (Wildman–Crippen MR) is 358 cm³/mol. The molecule has 9 aromatic rings. The second kappa shape index (κ2) is 19.1. The molecule has 1 aromatic heterocycles. The number of aryl methyl sites for hydroxylation is 1. The molecule has 1 unspecified atom stereocenters. The molecule has 0 saturated carbocycles. The van der Waals surface area contributed by atoms with E-state index in [1.807, 2.05) is 11.3 Å². The lowest BCUT2D eigenvalue weighted by Gasteiger charge is -2.45. The first-order valence-corrected chi connectivity index (χ1v) is 31.3. The third kappa shape index (κ3) is 9.04. The van der Waals surface area contributed by atoms with E-state index < -0.39 is 0 Å². The number of allylic oxidation sites excluding steroid dienone is 1. The van der Waals surface area contributed by atoms with E-state index in [9.17, 15) is 0 Å². The molecular weight excluding hydrogens is 1010 g/mol. The highest BCUT2D eigenvalue weighted by atomic mass is 32.1. The second-order valence-corrected chi connectivity index (χ2v) is 30.5. The Hall–Kier alpha value is -6.88. The van der Waals surface area contributed by atoms with Crippen molar-refractivity contribution in [1.29, 1.82) is 0 Å². The average Bonchev–Trinajstić information content (AvgIpc) is 2.84. The van der Waals surface area contributed by atoms with Crippen LogP contribution in [0.3, 0.4) is 0 Å². The Labute approximate surface area is 495 Å². The van der Waals surface area contributed by atoms with Gasteiger partial charge in [-0.3, -0.25) is 0 Å². The molecule has 0 bridgehead atoms. The number of benzene rings is 8. The molecule has 2 nitrogen and oxygen atoms in total. The quantitative estimate of drug-likeness (QED) is 0.147. The maximum atomic E-state index is 5.21. The number of hydrogen-bond acceptors (Lipinski definition) is 3. The predicted octanol–water partition coefficient (Wildman–Crippen LogP) is 19.7. The fourth-order valence-corrected chi connectivity index (χ4v) is 16.2. The summed E-state index contributed by atoms with van der Waals surface area (Å²) in [6, 6.07) is 63.9. The molecule has 3 heterocycles. The number of anilines is 6. The van der Waals surface area contributed by atoms with Crippen LogP contribution >= 0.6 is 11.3 Å². The van der Waals surface area contributed by atoms with Crippen LogP contribution in [0.1, 0.15) is 171 Å². The van der Waals surface area contributed by atoms with Gasteiger partial charge in [0.05, 0.1) is 5.00 Å². The molecule has 4 heteroatoms. The van der Waals surface area contributed by atoms with Crippen molar-refractivity contribution < 1.29 is 0 Å². The minimum Gasteiger partial charge on any atom is -0.310 e. The summed E-state index contributed by atoms with van der Waals surface area (Å²) >= 11 is 2.01. The van der Waals surface area contributed by atoms with Crippen molar-refractivity contribution in [3.05, 3.63) is 226 Å². The molecule has 0 spiro atoms. The number of thiophene rings is 1. The SMILES string of the molecule is C=C1Cc2cc3c(cc2B2c4c1cc(N(c1ccccc1)c1ccccc1)cc4N(c1ccc(C(C)(C)C)cc1)c1sc4cc5c(cc4c12)C(C)(C)CCC5(C)C)C(C)(C)CCC3(C)Cc1cccc(-c2cc(C(C)(C)C)ccc2C)c1. The summed E-state index contributed by atoms with van der Waals surface area (Å²) in [7, 11) is 0. The Morgan fingerprint density at radius 1 is 0.549 bits per heavy atom. The maximum absolute atomic E-state index is 5.21. The summed E-state index contributed by atoms with van der Waals surface area (Å²) < 4.78 is 1.38. The molecule has 0 amide bonds. The van der Waals surface area contributed by atoms with Crippen molar-refractivity contribution >= 4 is 83.5 Å². The van der Waals surface area contributed by atoms with E-state index in [0.29, 0.717) is 0 Å². The molecule has 414 valence electrons. The largest absolute Gasteiger partial charge is 0.310 e. The van der Waals surface area contributed by atoms with Crippen molar-refractivity contribution in [3.63, 3.8) is 0 Å². The molecule has 0 radical (unpaired) electrons. The van der Waals surface area contributed by atoms with Crippen LogP contribution in [-0.4, -0.2) is 6.71 Å². The van der Waals surface area contributed by atoms with Crippen LogP contribution in [-0.2, 0) is 45.3 Å². The first-order chi connectivity index (χ1) is 38.8. The van der Waals surface area contributed by atoms with E-state index in [4.69, 9.17) is 6.58 Å². The van der Waals surface area contributed by atoms with E-state index in [-0.39, 0.29) is 39.2 Å².